The largest absolute Gasteiger partial charge is 0.493 e. The molecule has 3 aromatic heterocycles. The van der Waals surface area contributed by atoms with Gasteiger partial charge in [0.25, 0.3) is 0 Å². The summed E-state index contributed by atoms with van der Waals surface area (Å²) in [5.74, 6) is 1.54. The molecule has 196 valence electrons. The van der Waals surface area contributed by atoms with Crippen LogP contribution in [-0.4, -0.2) is 58.8 Å². The number of alkyl halides is 2. The predicted molar refractivity (Wildman–Crippen MR) is 130 cm³/mol. The molecule has 13 heteroatoms. The van der Waals surface area contributed by atoms with E-state index in [4.69, 9.17) is 18.9 Å². The van der Waals surface area contributed by atoms with Crippen molar-refractivity contribution >= 4 is 21.8 Å². The lowest BCUT2D eigenvalue weighted by Gasteiger charge is -2.14. The Kier molecular flexibility index (Phi) is 8.01. The average Bonchev–Trinajstić information content (AvgIpc) is 3.25. The molecule has 0 saturated heterocycles. The number of halogens is 2. The minimum atomic E-state index is -3.00. The quantitative estimate of drug-likeness (QED) is 0.284. The van der Waals surface area contributed by atoms with E-state index in [1.54, 1.807) is 29.0 Å². The van der Waals surface area contributed by atoms with Gasteiger partial charge in [0.15, 0.2) is 23.0 Å². The molecule has 0 saturated carbocycles. The van der Waals surface area contributed by atoms with Gasteiger partial charge in [-0.05, 0) is 12.1 Å². The van der Waals surface area contributed by atoms with E-state index >= 15 is 0 Å². The summed E-state index contributed by atoms with van der Waals surface area (Å²) in [5, 5.41) is 0.169. The van der Waals surface area contributed by atoms with Gasteiger partial charge in [0.05, 0.1) is 68.3 Å². The van der Waals surface area contributed by atoms with Gasteiger partial charge in [-0.2, -0.15) is 8.78 Å². The molecule has 3 heterocycles. The molecule has 4 aromatic rings. The van der Waals surface area contributed by atoms with Crippen LogP contribution in [0.4, 0.5) is 8.78 Å². The summed E-state index contributed by atoms with van der Waals surface area (Å²) in [7, 11) is 4.21. The molecule has 1 aromatic carbocycles. The van der Waals surface area contributed by atoms with E-state index in [1.807, 2.05) is 0 Å². The fourth-order valence-electron chi connectivity index (χ4n) is 3.85. The van der Waals surface area contributed by atoms with E-state index in [1.165, 1.54) is 46.8 Å². The van der Waals surface area contributed by atoms with Crippen LogP contribution >= 0.6 is 0 Å². The first-order chi connectivity index (χ1) is 17.9. The predicted octanol–water partition coefficient (Wildman–Crippen LogP) is 3.82. The standard InChI is InChI=1S/C24H24F2N4O6S/c1-32-19-7-9-27-16(21(19)34-3)12-30-18-6-5-14(36-23(25)26)11-15(18)29-24(30)37(31)13-17-22(35-4)20(33-2)8-10-28-17/h5-11,23H,12-13H2,1-4H3. The molecule has 1 atom stereocenters. The van der Waals surface area contributed by atoms with Crippen LogP contribution < -0.4 is 23.7 Å². The summed E-state index contributed by atoms with van der Waals surface area (Å²) in [6.07, 6.45) is 3.09. The van der Waals surface area contributed by atoms with Gasteiger partial charge >= 0.3 is 6.61 Å². The van der Waals surface area contributed by atoms with Gasteiger partial charge in [-0.3, -0.25) is 14.2 Å². The first-order valence-electron chi connectivity index (χ1n) is 10.8. The number of aromatic nitrogens is 4. The summed E-state index contributed by atoms with van der Waals surface area (Å²) in [6.45, 7) is -2.89. The van der Waals surface area contributed by atoms with Crippen LogP contribution in [0.1, 0.15) is 11.4 Å². The Morgan fingerprint density at radius 2 is 1.51 bits per heavy atom. The van der Waals surface area contributed by atoms with Crippen molar-refractivity contribution in [2.24, 2.45) is 0 Å². The number of methoxy groups -OCH3 is 4. The third kappa shape index (κ3) is 5.40. The minimum Gasteiger partial charge on any atom is -0.493 e. The molecule has 0 aliphatic rings. The summed E-state index contributed by atoms with van der Waals surface area (Å²) in [5.41, 5.74) is 1.73. The first-order valence-corrected chi connectivity index (χ1v) is 12.2. The maximum Gasteiger partial charge on any atom is 0.387 e. The molecule has 0 radical (unpaired) electrons. The van der Waals surface area contributed by atoms with Crippen molar-refractivity contribution in [3.63, 3.8) is 0 Å². The lowest BCUT2D eigenvalue weighted by Crippen LogP contribution is -2.12. The van der Waals surface area contributed by atoms with E-state index in [0.29, 0.717) is 45.4 Å². The number of pyridine rings is 2. The Hall–Kier alpha value is -4.00. The number of ether oxygens (including phenoxy) is 5. The smallest absolute Gasteiger partial charge is 0.387 e. The van der Waals surface area contributed by atoms with Gasteiger partial charge < -0.3 is 28.3 Å². The second kappa shape index (κ2) is 11.4. The number of imidazole rings is 1. The highest BCUT2D eigenvalue weighted by Gasteiger charge is 2.23. The molecule has 4 rings (SSSR count). The van der Waals surface area contributed by atoms with Crippen molar-refractivity contribution < 1.29 is 36.7 Å². The lowest BCUT2D eigenvalue weighted by molar-refractivity contribution is -0.0497. The second-order valence-corrected chi connectivity index (χ2v) is 8.83. The SMILES string of the molecule is COc1ccnc(Cn2c(S(=O)Cc3nccc(OC)c3OC)nc3cc(OC(F)F)ccc32)c1OC. The molecule has 0 spiro atoms. The fourth-order valence-corrected chi connectivity index (χ4v) is 5.04. The van der Waals surface area contributed by atoms with Gasteiger partial charge in [0.2, 0.25) is 5.16 Å². The number of hydrogen-bond donors (Lipinski definition) is 0. The molecular formula is C24H24F2N4O6S. The zero-order valence-corrected chi connectivity index (χ0v) is 21.3. The topological polar surface area (TPSA) is 107 Å². The molecule has 0 N–H and O–H groups in total. The molecule has 0 aliphatic carbocycles. The van der Waals surface area contributed by atoms with Crippen LogP contribution in [-0.2, 0) is 23.1 Å². The van der Waals surface area contributed by atoms with Gasteiger partial charge in [0.1, 0.15) is 11.4 Å². The summed E-state index contributed by atoms with van der Waals surface area (Å²) in [6, 6.07) is 7.60. The normalized spacial score (nSPS) is 12.0. The summed E-state index contributed by atoms with van der Waals surface area (Å²) < 4.78 is 67.1. The Morgan fingerprint density at radius 1 is 0.892 bits per heavy atom. The van der Waals surface area contributed by atoms with E-state index in [9.17, 15) is 13.0 Å². The van der Waals surface area contributed by atoms with Crippen molar-refractivity contribution in [1.82, 2.24) is 19.5 Å². The molecule has 37 heavy (non-hydrogen) atoms. The van der Waals surface area contributed by atoms with E-state index in [2.05, 4.69) is 19.7 Å². The average molecular weight is 535 g/mol. The molecular weight excluding hydrogens is 510 g/mol. The van der Waals surface area contributed by atoms with Gasteiger partial charge in [0, 0.05) is 30.6 Å². The highest BCUT2D eigenvalue weighted by Crippen LogP contribution is 2.34. The van der Waals surface area contributed by atoms with Crippen LogP contribution in [0.5, 0.6) is 28.7 Å². The number of nitrogens with zero attached hydrogens (tertiary/aromatic N) is 4. The third-order valence-corrected chi connectivity index (χ3v) is 6.68. The Bertz CT molecular complexity index is 1430. The Balaban J connectivity index is 1.82. The molecule has 10 nitrogen and oxygen atoms in total. The van der Waals surface area contributed by atoms with Crippen LogP contribution in [0, 0.1) is 0 Å². The van der Waals surface area contributed by atoms with Crippen LogP contribution in [0.3, 0.4) is 0 Å². The van der Waals surface area contributed by atoms with Gasteiger partial charge in [-0.25, -0.2) is 4.98 Å². The zero-order valence-electron chi connectivity index (χ0n) is 20.4. The minimum absolute atomic E-state index is 0.0488. The maximum absolute atomic E-state index is 13.7. The van der Waals surface area contributed by atoms with E-state index < -0.39 is 17.4 Å². The van der Waals surface area contributed by atoms with Crippen molar-refractivity contribution in [2.45, 2.75) is 24.1 Å². The number of rotatable bonds is 11. The number of hydrogen-bond acceptors (Lipinski definition) is 9. The second-order valence-electron chi connectivity index (χ2n) is 7.49. The Morgan fingerprint density at radius 3 is 2.11 bits per heavy atom. The number of fused-ring (bicyclic) bond motifs is 1. The van der Waals surface area contributed by atoms with Crippen LogP contribution in [0.2, 0.25) is 0 Å². The highest BCUT2D eigenvalue weighted by molar-refractivity contribution is 7.84. The highest BCUT2D eigenvalue weighted by atomic mass is 32.2. The van der Waals surface area contributed by atoms with Gasteiger partial charge in [-0.1, -0.05) is 0 Å². The zero-order chi connectivity index (χ0) is 26.5. The fraction of sp³-hybridized carbons (Fsp3) is 0.292. The molecule has 0 fully saturated rings. The molecule has 0 aliphatic heterocycles. The van der Waals surface area contributed by atoms with Crippen molar-refractivity contribution in [2.75, 3.05) is 28.4 Å². The lowest BCUT2D eigenvalue weighted by atomic mass is 10.2. The van der Waals surface area contributed by atoms with Crippen molar-refractivity contribution in [3.05, 3.63) is 54.1 Å². The maximum atomic E-state index is 13.7. The van der Waals surface area contributed by atoms with Crippen LogP contribution in [0.15, 0.2) is 47.9 Å². The monoisotopic (exact) mass is 534 g/mol. The molecule has 0 amide bonds. The van der Waals surface area contributed by atoms with E-state index in [0.717, 1.165) is 0 Å². The van der Waals surface area contributed by atoms with Crippen molar-refractivity contribution in [3.8, 4) is 28.7 Å². The number of benzene rings is 1. The van der Waals surface area contributed by atoms with Crippen LogP contribution in [0.25, 0.3) is 11.0 Å². The summed E-state index contributed by atoms with van der Waals surface area (Å²) in [4.78, 5) is 13.2. The molecule has 0 bridgehead atoms. The first kappa shape index (κ1) is 26.1. The Labute approximate surface area is 213 Å². The van der Waals surface area contributed by atoms with Crippen molar-refractivity contribution in [1.29, 1.82) is 0 Å². The molecule has 1 unspecified atom stereocenters. The van der Waals surface area contributed by atoms with Gasteiger partial charge in [-0.15, -0.1) is 0 Å². The van der Waals surface area contributed by atoms with E-state index in [-0.39, 0.29) is 23.2 Å². The summed E-state index contributed by atoms with van der Waals surface area (Å²) >= 11 is 0. The third-order valence-electron chi connectivity index (χ3n) is 5.42.